The largest absolute Gasteiger partial charge is 0.489 e. The van der Waals surface area contributed by atoms with Crippen molar-refractivity contribution in [3.63, 3.8) is 0 Å². The lowest BCUT2D eigenvalue weighted by Gasteiger charge is -2.26. The zero-order valence-electron chi connectivity index (χ0n) is 20.8. The Morgan fingerprint density at radius 1 is 1.17 bits per heavy atom. The SMILES string of the molecule is CCc1nc2c(cnn2CC)c(NC2CCOCC2)c1CNC(=O)c1oc(C(=O)O)c(OC)c1OC. The molecule has 0 aliphatic carbocycles. The number of aromatic carboxylic acids is 1. The summed E-state index contributed by atoms with van der Waals surface area (Å²) in [6.07, 6.45) is 4.15. The molecule has 0 bridgehead atoms. The van der Waals surface area contributed by atoms with Crippen LogP contribution in [-0.2, 0) is 24.2 Å². The van der Waals surface area contributed by atoms with Gasteiger partial charge in [0, 0.05) is 43.6 Å². The van der Waals surface area contributed by atoms with Gasteiger partial charge in [0.1, 0.15) is 0 Å². The number of hydrogen-bond acceptors (Lipinski definition) is 9. The van der Waals surface area contributed by atoms with Gasteiger partial charge in [-0.3, -0.25) is 4.79 Å². The van der Waals surface area contributed by atoms with Gasteiger partial charge in [-0.05, 0) is 26.2 Å². The second-order valence-electron chi connectivity index (χ2n) is 8.31. The van der Waals surface area contributed by atoms with E-state index in [-0.39, 0.29) is 29.8 Å². The number of aromatic nitrogens is 3. The molecule has 36 heavy (non-hydrogen) atoms. The van der Waals surface area contributed by atoms with Crippen molar-refractivity contribution in [3.8, 4) is 11.5 Å². The monoisotopic (exact) mass is 501 g/mol. The maximum atomic E-state index is 13.1. The average molecular weight is 502 g/mol. The number of amides is 1. The van der Waals surface area contributed by atoms with Gasteiger partial charge in [-0.15, -0.1) is 0 Å². The van der Waals surface area contributed by atoms with Crippen molar-refractivity contribution in [1.82, 2.24) is 20.1 Å². The van der Waals surface area contributed by atoms with E-state index in [2.05, 4.69) is 15.7 Å². The fourth-order valence-electron chi connectivity index (χ4n) is 4.41. The predicted octanol–water partition coefficient (Wildman–Crippen LogP) is 2.84. The first-order valence-corrected chi connectivity index (χ1v) is 11.9. The zero-order chi connectivity index (χ0) is 25.8. The molecule has 1 aliphatic rings. The van der Waals surface area contributed by atoms with Crippen molar-refractivity contribution in [1.29, 1.82) is 0 Å². The zero-order valence-corrected chi connectivity index (χ0v) is 20.8. The first kappa shape index (κ1) is 25.3. The Kier molecular flexibility index (Phi) is 7.63. The van der Waals surface area contributed by atoms with E-state index in [0.29, 0.717) is 26.2 Å². The molecule has 0 radical (unpaired) electrons. The summed E-state index contributed by atoms with van der Waals surface area (Å²) in [4.78, 5) is 29.5. The van der Waals surface area contributed by atoms with Crippen LogP contribution < -0.4 is 20.1 Å². The Bertz CT molecular complexity index is 1260. The number of ether oxygens (including phenoxy) is 3. The van der Waals surface area contributed by atoms with E-state index in [1.54, 1.807) is 6.20 Å². The molecule has 4 heterocycles. The Morgan fingerprint density at radius 3 is 2.47 bits per heavy atom. The topological polar surface area (TPSA) is 150 Å². The number of carboxylic acid groups (broad SMARTS) is 1. The van der Waals surface area contributed by atoms with Crippen LogP contribution in [0.2, 0.25) is 0 Å². The van der Waals surface area contributed by atoms with E-state index in [9.17, 15) is 14.7 Å². The first-order valence-electron chi connectivity index (χ1n) is 11.9. The van der Waals surface area contributed by atoms with Crippen LogP contribution >= 0.6 is 0 Å². The van der Waals surface area contributed by atoms with Gasteiger partial charge in [0.25, 0.3) is 11.7 Å². The summed E-state index contributed by atoms with van der Waals surface area (Å²) < 4.78 is 23.0. The lowest BCUT2D eigenvalue weighted by atomic mass is 10.0. The molecule has 4 rings (SSSR count). The van der Waals surface area contributed by atoms with Gasteiger partial charge in [0.2, 0.25) is 17.3 Å². The third-order valence-corrected chi connectivity index (χ3v) is 6.23. The van der Waals surface area contributed by atoms with Crippen LogP contribution in [0.1, 0.15) is 59.1 Å². The summed E-state index contributed by atoms with van der Waals surface area (Å²) in [6, 6.07) is 0.209. The summed E-state index contributed by atoms with van der Waals surface area (Å²) in [5, 5.41) is 21.3. The van der Waals surface area contributed by atoms with Crippen molar-refractivity contribution >= 4 is 28.6 Å². The number of carbonyl (C=O) groups excluding carboxylic acids is 1. The third-order valence-electron chi connectivity index (χ3n) is 6.23. The number of anilines is 1. The minimum absolute atomic E-state index is 0.0820. The van der Waals surface area contributed by atoms with Crippen LogP contribution in [-0.4, -0.2) is 65.2 Å². The summed E-state index contributed by atoms with van der Waals surface area (Å²) in [6.45, 7) is 6.18. The van der Waals surface area contributed by atoms with Crippen molar-refractivity contribution < 1.29 is 33.3 Å². The van der Waals surface area contributed by atoms with E-state index in [0.717, 1.165) is 40.8 Å². The molecule has 1 amide bonds. The van der Waals surface area contributed by atoms with Crippen molar-refractivity contribution in [2.75, 3.05) is 32.8 Å². The van der Waals surface area contributed by atoms with E-state index >= 15 is 0 Å². The lowest BCUT2D eigenvalue weighted by Crippen LogP contribution is -2.30. The molecular formula is C24H31N5O7. The summed E-state index contributed by atoms with van der Waals surface area (Å²) in [5.41, 5.74) is 3.31. The molecule has 0 spiro atoms. The normalized spacial score (nSPS) is 14.1. The number of nitrogens with one attached hydrogen (secondary N) is 2. The minimum Gasteiger partial charge on any atom is -0.489 e. The number of hydrogen-bond donors (Lipinski definition) is 3. The summed E-state index contributed by atoms with van der Waals surface area (Å²) >= 11 is 0. The van der Waals surface area contributed by atoms with Gasteiger partial charge in [-0.25, -0.2) is 14.5 Å². The number of rotatable bonds is 10. The van der Waals surface area contributed by atoms with Crippen LogP contribution in [0, 0.1) is 0 Å². The quantitative estimate of drug-likeness (QED) is 0.378. The number of carbonyl (C=O) groups is 2. The Balaban J connectivity index is 1.70. The van der Waals surface area contributed by atoms with Gasteiger partial charge in [-0.1, -0.05) is 6.92 Å². The van der Waals surface area contributed by atoms with Crippen molar-refractivity contribution in [2.45, 2.75) is 52.2 Å². The van der Waals surface area contributed by atoms with Gasteiger partial charge >= 0.3 is 5.97 Å². The maximum Gasteiger partial charge on any atom is 0.375 e. The van der Waals surface area contributed by atoms with E-state index < -0.39 is 17.6 Å². The molecule has 0 unspecified atom stereocenters. The number of fused-ring (bicyclic) bond motifs is 1. The molecule has 3 N–H and O–H groups in total. The standard InChI is InChI=1S/C24H31N5O7/c1-5-16-14(11-25-23(30)20-18(33-3)19(34-4)21(36-20)24(31)32)17(27-13-7-9-35-10-8-13)15-12-26-29(6-2)22(15)28-16/h12-13H,5-11H2,1-4H3,(H,25,30)(H,27,28)(H,31,32). The van der Waals surface area contributed by atoms with E-state index in [1.807, 2.05) is 18.5 Å². The predicted molar refractivity (Wildman–Crippen MR) is 130 cm³/mol. The molecule has 0 saturated carbocycles. The number of methoxy groups -OCH3 is 2. The molecule has 0 aromatic carbocycles. The highest BCUT2D eigenvalue weighted by Gasteiger charge is 2.31. The molecule has 3 aromatic rings. The highest BCUT2D eigenvalue weighted by atomic mass is 16.5. The molecule has 3 aromatic heterocycles. The molecular weight excluding hydrogens is 470 g/mol. The Morgan fingerprint density at radius 2 is 1.86 bits per heavy atom. The molecule has 194 valence electrons. The molecule has 0 atom stereocenters. The van der Waals surface area contributed by atoms with E-state index in [4.69, 9.17) is 23.6 Å². The highest BCUT2D eigenvalue weighted by molar-refractivity contribution is 5.99. The van der Waals surface area contributed by atoms with E-state index in [1.165, 1.54) is 14.2 Å². The average Bonchev–Trinajstić information content (AvgIpc) is 3.49. The molecule has 1 aliphatic heterocycles. The Hall–Kier alpha value is -3.80. The summed E-state index contributed by atoms with van der Waals surface area (Å²) in [5.74, 6) is -3.03. The molecule has 1 saturated heterocycles. The number of carboxylic acids is 1. The van der Waals surface area contributed by atoms with Gasteiger partial charge in [0.15, 0.2) is 5.65 Å². The lowest BCUT2D eigenvalue weighted by molar-refractivity contribution is 0.0654. The number of furan rings is 1. The van der Waals surface area contributed by atoms with Crippen molar-refractivity contribution in [2.24, 2.45) is 0 Å². The summed E-state index contributed by atoms with van der Waals surface area (Å²) in [7, 11) is 2.59. The fourth-order valence-corrected chi connectivity index (χ4v) is 4.41. The first-order chi connectivity index (χ1) is 17.4. The molecule has 12 heteroatoms. The Labute approximate surface area is 207 Å². The molecule has 12 nitrogen and oxygen atoms in total. The molecule has 1 fully saturated rings. The number of pyridine rings is 1. The second kappa shape index (κ2) is 10.9. The number of aryl methyl sites for hydroxylation is 2. The second-order valence-corrected chi connectivity index (χ2v) is 8.31. The van der Waals surface area contributed by atoms with Gasteiger partial charge in [-0.2, -0.15) is 5.10 Å². The van der Waals surface area contributed by atoms with Crippen LogP contribution in [0.25, 0.3) is 11.0 Å². The smallest absolute Gasteiger partial charge is 0.375 e. The highest BCUT2D eigenvalue weighted by Crippen LogP contribution is 2.38. The number of nitrogens with zero attached hydrogens (tertiary/aromatic N) is 3. The van der Waals surface area contributed by atoms with Gasteiger partial charge in [0.05, 0.1) is 31.5 Å². The van der Waals surface area contributed by atoms with Crippen LogP contribution in [0.3, 0.4) is 0 Å². The van der Waals surface area contributed by atoms with Crippen LogP contribution in [0.4, 0.5) is 5.69 Å². The fraction of sp³-hybridized carbons (Fsp3) is 0.500. The van der Waals surface area contributed by atoms with Gasteiger partial charge < -0.3 is 34.4 Å². The van der Waals surface area contributed by atoms with Crippen LogP contribution in [0.15, 0.2) is 10.6 Å². The maximum absolute atomic E-state index is 13.1. The third kappa shape index (κ3) is 4.68. The minimum atomic E-state index is -1.37. The van der Waals surface area contributed by atoms with Crippen LogP contribution in [0.5, 0.6) is 11.5 Å². The van der Waals surface area contributed by atoms with Crippen molar-refractivity contribution in [3.05, 3.63) is 29.0 Å².